The van der Waals surface area contributed by atoms with Crippen LogP contribution in [0.1, 0.15) is 0 Å². The van der Waals surface area contributed by atoms with Crippen molar-refractivity contribution in [1.82, 2.24) is 24.7 Å². The Morgan fingerprint density at radius 2 is 1.93 bits per heavy atom. The molecule has 0 aliphatic carbocycles. The second-order valence-corrected chi connectivity index (χ2v) is 6.36. The molecule has 27 heavy (non-hydrogen) atoms. The summed E-state index contributed by atoms with van der Waals surface area (Å²) in [6.07, 6.45) is 3.56. The average molecular weight is 355 g/mol. The van der Waals surface area contributed by atoms with Crippen LogP contribution in [0.25, 0.3) is 44.6 Å². The summed E-state index contributed by atoms with van der Waals surface area (Å²) >= 11 is 0. The number of H-pyrrole nitrogens is 1. The topological polar surface area (TPSA) is 68.6 Å². The van der Waals surface area contributed by atoms with Gasteiger partial charge in [0.05, 0.1) is 12.7 Å². The normalized spacial score (nSPS) is 11.3. The fourth-order valence-corrected chi connectivity index (χ4v) is 3.50. The predicted octanol–water partition coefficient (Wildman–Crippen LogP) is 4.19. The minimum atomic E-state index is 0.761. The first-order valence-corrected chi connectivity index (χ1v) is 8.65. The van der Waals surface area contributed by atoms with Gasteiger partial charge in [0.15, 0.2) is 5.65 Å². The number of hydrogen-bond donors (Lipinski definition) is 1. The van der Waals surface area contributed by atoms with Crippen LogP contribution in [-0.2, 0) is 7.05 Å². The van der Waals surface area contributed by atoms with Crippen LogP contribution in [0, 0.1) is 0 Å². The number of fused-ring (bicyclic) bond motifs is 2. The van der Waals surface area contributed by atoms with Gasteiger partial charge in [0, 0.05) is 25.0 Å². The van der Waals surface area contributed by atoms with Gasteiger partial charge < -0.3 is 9.72 Å². The second-order valence-electron chi connectivity index (χ2n) is 6.36. The molecule has 0 aliphatic heterocycles. The molecule has 3 aromatic heterocycles. The number of aromatic nitrogens is 5. The smallest absolute Gasteiger partial charge is 0.177 e. The Morgan fingerprint density at radius 3 is 2.74 bits per heavy atom. The maximum absolute atomic E-state index is 5.63. The molecule has 1 N–H and O–H groups in total. The van der Waals surface area contributed by atoms with E-state index in [4.69, 9.17) is 9.72 Å². The van der Waals surface area contributed by atoms with Crippen LogP contribution in [0.15, 0.2) is 60.9 Å². The number of rotatable bonds is 3. The van der Waals surface area contributed by atoms with Crippen LogP contribution < -0.4 is 4.74 Å². The SMILES string of the molecule is COc1ccc2ccccc2c1-c1nc2c([nH]1)c(-c1cccnc1)nn2C. The number of methoxy groups -OCH3 is 1. The second kappa shape index (κ2) is 5.95. The molecule has 0 aliphatic rings. The van der Waals surface area contributed by atoms with Crippen molar-refractivity contribution in [3.8, 4) is 28.4 Å². The number of aromatic amines is 1. The van der Waals surface area contributed by atoms with E-state index >= 15 is 0 Å². The van der Waals surface area contributed by atoms with Crippen molar-refractivity contribution >= 4 is 21.9 Å². The number of hydrogen-bond acceptors (Lipinski definition) is 4. The van der Waals surface area contributed by atoms with Gasteiger partial charge >= 0.3 is 0 Å². The van der Waals surface area contributed by atoms with Crippen LogP contribution in [0.5, 0.6) is 5.75 Å². The number of imidazole rings is 1. The van der Waals surface area contributed by atoms with E-state index in [0.717, 1.165) is 50.3 Å². The Labute approximate surface area is 155 Å². The molecular weight excluding hydrogens is 338 g/mol. The highest BCUT2D eigenvalue weighted by Crippen LogP contribution is 2.37. The highest BCUT2D eigenvalue weighted by Gasteiger charge is 2.19. The fraction of sp³-hybridized carbons (Fsp3) is 0.0952. The number of ether oxygens (including phenoxy) is 1. The Morgan fingerprint density at radius 1 is 1.04 bits per heavy atom. The third-order valence-electron chi connectivity index (χ3n) is 4.76. The monoisotopic (exact) mass is 355 g/mol. The van der Waals surface area contributed by atoms with E-state index < -0.39 is 0 Å². The zero-order chi connectivity index (χ0) is 18.4. The van der Waals surface area contributed by atoms with Crippen LogP contribution in [0.4, 0.5) is 0 Å². The zero-order valence-electron chi connectivity index (χ0n) is 15.0. The lowest BCUT2D eigenvalue weighted by molar-refractivity contribution is 0.416. The van der Waals surface area contributed by atoms with Crippen molar-refractivity contribution in [3.63, 3.8) is 0 Å². The molecule has 0 saturated heterocycles. The molecular formula is C21H17N5O. The molecule has 0 spiro atoms. The average Bonchev–Trinajstić information content (AvgIpc) is 3.28. The summed E-state index contributed by atoms with van der Waals surface area (Å²) in [5, 5.41) is 6.84. The summed E-state index contributed by atoms with van der Waals surface area (Å²) < 4.78 is 7.42. The number of benzene rings is 2. The van der Waals surface area contributed by atoms with E-state index in [0.29, 0.717) is 0 Å². The lowest BCUT2D eigenvalue weighted by atomic mass is 10.0. The molecule has 6 heteroatoms. The van der Waals surface area contributed by atoms with Crippen LogP contribution in [-0.4, -0.2) is 31.8 Å². The van der Waals surface area contributed by atoms with Crippen molar-refractivity contribution in [2.75, 3.05) is 7.11 Å². The van der Waals surface area contributed by atoms with Crippen molar-refractivity contribution in [2.24, 2.45) is 7.05 Å². The van der Waals surface area contributed by atoms with Crippen molar-refractivity contribution in [3.05, 3.63) is 60.9 Å². The first kappa shape index (κ1) is 15.6. The molecule has 0 radical (unpaired) electrons. The number of aryl methyl sites for hydroxylation is 1. The van der Waals surface area contributed by atoms with Gasteiger partial charge in [-0.25, -0.2) is 9.67 Å². The molecule has 0 unspecified atom stereocenters. The third kappa shape index (κ3) is 2.38. The molecule has 0 atom stereocenters. The van der Waals surface area contributed by atoms with Gasteiger partial charge in [0.2, 0.25) is 0 Å². The predicted molar refractivity (Wildman–Crippen MR) is 106 cm³/mol. The van der Waals surface area contributed by atoms with Crippen LogP contribution in [0.3, 0.4) is 0 Å². The molecule has 2 aromatic carbocycles. The molecule has 6 nitrogen and oxygen atoms in total. The summed E-state index contributed by atoms with van der Waals surface area (Å²) in [7, 11) is 3.58. The third-order valence-corrected chi connectivity index (χ3v) is 4.76. The number of nitrogens with one attached hydrogen (secondary N) is 1. The molecule has 132 valence electrons. The Kier molecular flexibility index (Phi) is 3.43. The largest absolute Gasteiger partial charge is 0.496 e. The van der Waals surface area contributed by atoms with E-state index in [1.54, 1.807) is 24.2 Å². The summed E-state index contributed by atoms with van der Waals surface area (Å²) in [5.41, 5.74) is 4.40. The first-order chi connectivity index (χ1) is 13.3. The number of pyridine rings is 1. The lowest BCUT2D eigenvalue weighted by Gasteiger charge is -2.10. The molecule has 0 bridgehead atoms. The van der Waals surface area contributed by atoms with Gasteiger partial charge in [-0.1, -0.05) is 30.3 Å². The standard InChI is InChI=1S/C21H17N5O/c1-26-21-19(18(25-26)14-7-5-11-22-12-14)23-20(24-21)17-15-8-4-3-6-13(15)9-10-16(17)27-2/h3-12H,1-2H3,(H,23,24). The minimum Gasteiger partial charge on any atom is -0.496 e. The van der Waals surface area contributed by atoms with Crippen molar-refractivity contribution in [1.29, 1.82) is 0 Å². The van der Waals surface area contributed by atoms with Crippen molar-refractivity contribution in [2.45, 2.75) is 0 Å². The van der Waals surface area contributed by atoms with Crippen molar-refractivity contribution < 1.29 is 4.74 Å². The Bertz CT molecular complexity index is 1270. The maximum atomic E-state index is 5.63. The van der Waals surface area contributed by atoms with E-state index in [-0.39, 0.29) is 0 Å². The highest BCUT2D eigenvalue weighted by atomic mass is 16.5. The molecule has 0 fully saturated rings. The quantitative estimate of drug-likeness (QED) is 0.527. The van der Waals surface area contributed by atoms with Gasteiger partial charge in [-0.15, -0.1) is 0 Å². The Balaban J connectivity index is 1.79. The molecule has 0 amide bonds. The molecule has 0 saturated carbocycles. The lowest BCUT2D eigenvalue weighted by Crippen LogP contribution is -1.94. The molecule has 5 aromatic rings. The van der Waals surface area contributed by atoms with E-state index in [2.05, 4.69) is 33.3 Å². The van der Waals surface area contributed by atoms with Crippen LogP contribution >= 0.6 is 0 Å². The van der Waals surface area contributed by atoms with Gasteiger partial charge in [-0.2, -0.15) is 5.10 Å². The molecule has 3 heterocycles. The highest BCUT2D eigenvalue weighted by molar-refractivity contribution is 6.00. The minimum absolute atomic E-state index is 0.761. The summed E-state index contributed by atoms with van der Waals surface area (Å²) in [5.74, 6) is 1.54. The van der Waals surface area contributed by atoms with Crippen LogP contribution in [0.2, 0.25) is 0 Å². The number of nitrogens with zero attached hydrogens (tertiary/aromatic N) is 4. The van der Waals surface area contributed by atoms with Gasteiger partial charge in [0.1, 0.15) is 22.8 Å². The first-order valence-electron chi connectivity index (χ1n) is 8.65. The van der Waals surface area contributed by atoms with E-state index in [1.165, 1.54) is 0 Å². The van der Waals surface area contributed by atoms with Gasteiger partial charge in [-0.3, -0.25) is 4.98 Å². The molecule has 5 rings (SSSR count). The summed E-state index contributed by atoms with van der Waals surface area (Å²) in [6, 6.07) is 16.2. The maximum Gasteiger partial charge on any atom is 0.177 e. The van der Waals surface area contributed by atoms with E-state index in [9.17, 15) is 0 Å². The van der Waals surface area contributed by atoms with E-state index in [1.807, 2.05) is 37.4 Å². The zero-order valence-corrected chi connectivity index (χ0v) is 15.0. The Hall–Kier alpha value is -3.67. The summed E-state index contributed by atoms with van der Waals surface area (Å²) in [4.78, 5) is 12.5. The van der Waals surface area contributed by atoms with Gasteiger partial charge in [-0.05, 0) is 29.0 Å². The van der Waals surface area contributed by atoms with Gasteiger partial charge in [0.25, 0.3) is 0 Å². The summed E-state index contributed by atoms with van der Waals surface area (Å²) in [6.45, 7) is 0. The fourth-order valence-electron chi connectivity index (χ4n) is 3.50.